The first-order valence-corrected chi connectivity index (χ1v) is 6.05. The first kappa shape index (κ1) is 12.5. The average molecular weight is 320 g/mol. The van der Waals surface area contributed by atoms with Crippen LogP contribution in [0.4, 0.5) is 4.39 Å². The van der Waals surface area contributed by atoms with Gasteiger partial charge in [-0.3, -0.25) is 0 Å². The fourth-order valence-corrected chi connectivity index (χ4v) is 2.17. The van der Waals surface area contributed by atoms with Crippen molar-refractivity contribution in [2.45, 2.75) is 5.38 Å². The zero-order valence-electron chi connectivity index (χ0n) is 8.91. The Bertz CT molecular complexity index is 513. The molecule has 0 saturated carbocycles. The second-order valence-corrected chi connectivity index (χ2v) is 4.72. The molecule has 0 N–H and O–H groups in total. The van der Waals surface area contributed by atoms with E-state index in [9.17, 15) is 4.39 Å². The van der Waals surface area contributed by atoms with Crippen molar-refractivity contribution in [2.24, 2.45) is 0 Å². The second-order valence-electron chi connectivity index (χ2n) is 3.43. The second kappa shape index (κ2) is 5.10. The lowest BCUT2D eigenvalue weighted by Crippen LogP contribution is -1.98. The predicted molar refractivity (Wildman–Crippen MR) is 67.1 cm³/mol. The Hall–Kier alpha value is -1.00. The molecule has 0 radical (unpaired) electrons. The Morgan fingerprint density at radius 2 is 2.24 bits per heavy atom. The highest BCUT2D eigenvalue weighted by Gasteiger charge is 2.19. The summed E-state index contributed by atoms with van der Waals surface area (Å²) in [6.07, 6.45) is 3.09. The van der Waals surface area contributed by atoms with Crippen molar-refractivity contribution in [3.05, 3.63) is 52.1 Å². The van der Waals surface area contributed by atoms with Crippen LogP contribution in [-0.4, -0.2) is 7.11 Å². The highest BCUT2D eigenvalue weighted by Crippen LogP contribution is 2.37. The molecular formula is C12H9BrClFO2. The van der Waals surface area contributed by atoms with Crippen LogP contribution in [0.2, 0.25) is 0 Å². The Morgan fingerprint density at radius 1 is 1.47 bits per heavy atom. The minimum absolute atomic E-state index is 0.349. The number of furan rings is 1. The standard InChI is InChI=1S/C12H9BrClFO2/c1-16-11-5-10(15)9(13)4-8(11)12(14)7-2-3-17-6-7/h2-6,12H,1H3. The van der Waals surface area contributed by atoms with Gasteiger partial charge in [-0.05, 0) is 28.1 Å². The van der Waals surface area contributed by atoms with E-state index in [1.54, 1.807) is 18.4 Å². The van der Waals surface area contributed by atoms with Crippen LogP contribution < -0.4 is 4.74 Å². The van der Waals surface area contributed by atoms with Gasteiger partial charge in [-0.25, -0.2) is 4.39 Å². The highest BCUT2D eigenvalue weighted by atomic mass is 79.9. The molecule has 1 aromatic heterocycles. The smallest absolute Gasteiger partial charge is 0.141 e. The third-order valence-electron chi connectivity index (χ3n) is 2.38. The minimum Gasteiger partial charge on any atom is -0.496 e. The van der Waals surface area contributed by atoms with Crippen LogP contribution in [0.1, 0.15) is 16.5 Å². The van der Waals surface area contributed by atoms with Gasteiger partial charge in [0.2, 0.25) is 0 Å². The van der Waals surface area contributed by atoms with Crippen LogP contribution in [0.5, 0.6) is 5.75 Å². The maximum Gasteiger partial charge on any atom is 0.141 e. The third-order valence-corrected chi connectivity index (χ3v) is 3.48. The van der Waals surface area contributed by atoms with Gasteiger partial charge >= 0.3 is 0 Å². The molecule has 1 heterocycles. The van der Waals surface area contributed by atoms with E-state index >= 15 is 0 Å². The van der Waals surface area contributed by atoms with Crippen molar-refractivity contribution < 1.29 is 13.5 Å². The van der Waals surface area contributed by atoms with E-state index in [4.69, 9.17) is 20.8 Å². The zero-order chi connectivity index (χ0) is 12.4. The van der Waals surface area contributed by atoms with Crippen LogP contribution in [0.25, 0.3) is 0 Å². The molecule has 1 aromatic carbocycles. The molecule has 0 amide bonds. The Kier molecular flexibility index (Phi) is 3.74. The van der Waals surface area contributed by atoms with Crippen molar-refractivity contribution in [2.75, 3.05) is 7.11 Å². The molecule has 0 saturated heterocycles. The van der Waals surface area contributed by atoms with Gasteiger partial charge in [-0.15, -0.1) is 11.6 Å². The molecule has 2 rings (SSSR count). The number of alkyl halides is 1. The van der Waals surface area contributed by atoms with Gasteiger partial charge in [0.25, 0.3) is 0 Å². The molecule has 90 valence electrons. The largest absolute Gasteiger partial charge is 0.496 e. The Labute approximate surface area is 111 Å². The van der Waals surface area contributed by atoms with Gasteiger partial charge in [-0.2, -0.15) is 0 Å². The molecule has 0 aliphatic heterocycles. The molecular weight excluding hydrogens is 310 g/mol. The summed E-state index contributed by atoms with van der Waals surface area (Å²) in [6, 6.07) is 4.67. The summed E-state index contributed by atoms with van der Waals surface area (Å²) in [6.45, 7) is 0. The van der Waals surface area contributed by atoms with Crippen LogP contribution in [0.3, 0.4) is 0 Å². The number of hydrogen-bond donors (Lipinski definition) is 0. The monoisotopic (exact) mass is 318 g/mol. The van der Waals surface area contributed by atoms with Gasteiger partial charge < -0.3 is 9.15 Å². The number of benzene rings is 1. The summed E-state index contributed by atoms with van der Waals surface area (Å²) in [5.74, 6) is 0.0218. The molecule has 1 atom stereocenters. The van der Waals surface area contributed by atoms with Crippen LogP contribution in [0.15, 0.2) is 39.6 Å². The van der Waals surface area contributed by atoms with E-state index in [0.717, 1.165) is 5.56 Å². The molecule has 0 aliphatic carbocycles. The van der Waals surface area contributed by atoms with Gasteiger partial charge in [0.15, 0.2) is 0 Å². The van der Waals surface area contributed by atoms with Crippen molar-refractivity contribution in [1.82, 2.24) is 0 Å². The van der Waals surface area contributed by atoms with E-state index in [0.29, 0.717) is 15.8 Å². The van der Waals surface area contributed by atoms with Crippen molar-refractivity contribution >= 4 is 27.5 Å². The SMILES string of the molecule is COc1cc(F)c(Br)cc1C(Cl)c1ccoc1. The highest BCUT2D eigenvalue weighted by molar-refractivity contribution is 9.10. The lowest BCUT2D eigenvalue weighted by molar-refractivity contribution is 0.406. The molecule has 0 fully saturated rings. The van der Waals surface area contributed by atoms with E-state index in [-0.39, 0.29) is 5.82 Å². The quantitative estimate of drug-likeness (QED) is 0.776. The Balaban J connectivity index is 2.47. The van der Waals surface area contributed by atoms with E-state index in [1.165, 1.54) is 19.4 Å². The fraction of sp³-hybridized carbons (Fsp3) is 0.167. The number of ether oxygens (including phenoxy) is 1. The van der Waals surface area contributed by atoms with Gasteiger partial charge in [-0.1, -0.05) is 0 Å². The molecule has 0 aliphatic rings. The topological polar surface area (TPSA) is 22.4 Å². The molecule has 2 nitrogen and oxygen atoms in total. The van der Waals surface area contributed by atoms with E-state index in [2.05, 4.69) is 15.9 Å². The third kappa shape index (κ3) is 2.48. The lowest BCUT2D eigenvalue weighted by Gasteiger charge is -2.13. The minimum atomic E-state index is -0.444. The summed E-state index contributed by atoms with van der Waals surface area (Å²) in [5.41, 5.74) is 1.48. The first-order valence-electron chi connectivity index (χ1n) is 4.82. The molecule has 5 heteroatoms. The predicted octanol–water partition coefficient (Wildman–Crippen LogP) is 4.52. The zero-order valence-corrected chi connectivity index (χ0v) is 11.3. The summed E-state index contributed by atoms with van der Waals surface area (Å²) in [4.78, 5) is 0. The Morgan fingerprint density at radius 3 is 2.82 bits per heavy atom. The van der Waals surface area contributed by atoms with Crippen LogP contribution in [-0.2, 0) is 0 Å². The van der Waals surface area contributed by atoms with Crippen LogP contribution >= 0.6 is 27.5 Å². The maximum absolute atomic E-state index is 13.4. The molecule has 0 bridgehead atoms. The molecule has 2 aromatic rings. The summed E-state index contributed by atoms with van der Waals surface area (Å²) < 4.78 is 23.8. The summed E-state index contributed by atoms with van der Waals surface area (Å²) >= 11 is 9.43. The normalized spacial score (nSPS) is 12.5. The number of methoxy groups -OCH3 is 1. The fourth-order valence-electron chi connectivity index (χ4n) is 1.52. The number of rotatable bonds is 3. The first-order chi connectivity index (χ1) is 8.13. The number of halogens is 3. The maximum atomic E-state index is 13.4. The molecule has 17 heavy (non-hydrogen) atoms. The van der Waals surface area contributed by atoms with Crippen LogP contribution in [0, 0.1) is 5.82 Å². The number of hydrogen-bond acceptors (Lipinski definition) is 2. The van der Waals surface area contributed by atoms with Crippen molar-refractivity contribution in [3.8, 4) is 5.75 Å². The molecule has 1 unspecified atom stereocenters. The van der Waals surface area contributed by atoms with E-state index < -0.39 is 5.38 Å². The van der Waals surface area contributed by atoms with Crippen molar-refractivity contribution in [3.63, 3.8) is 0 Å². The summed E-state index contributed by atoms with van der Waals surface area (Å²) in [7, 11) is 1.48. The summed E-state index contributed by atoms with van der Waals surface area (Å²) in [5, 5.41) is -0.444. The van der Waals surface area contributed by atoms with Crippen molar-refractivity contribution in [1.29, 1.82) is 0 Å². The lowest BCUT2D eigenvalue weighted by atomic mass is 10.1. The van der Waals surface area contributed by atoms with E-state index in [1.807, 2.05) is 0 Å². The van der Waals surface area contributed by atoms with Gasteiger partial charge in [0.05, 0.1) is 29.5 Å². The van der Waals surface area contributed by atoms with Gasteiger partial charge in [0, 0.05) is 17.2 Å². The average Bonchev–Trinajstić information content (AvgIpc) is 2.84. The van der Waals surface area contributed by atoms with Gasteiger partial charge in [0.1, 0.15) is 11.6 Å². The molecule has 0 spiro atoms.